The molecule has 25 heavy (non-hydrogen) atoms. The number of anilines is 2. The Morgan fingerprint density at radius 3 is 2.92 bits per heavy atom. The largest absolute Gasteiger partial charge is 0.495 e. The van der Waals surface area contributed by atoms with E-state index in [1.54, 1.807) is 7.11 Å². The van der Waals surface area contributed by atoms with Crippen molar-refractivity contribution in [1.29, 1.82) is 0 Å². The number of ether oxygens (including phenoxy) is 2. The summed E-state index contributed by atoms with van der Waals surface area (Å²) in [4.78, 5) is 23.6. The van der Waals surface area contributed by atoms with Gasteiger partial charge in [-0.05, 0) is 48.7 Å². The zero-order valence-electron chi connectivity index (χ0n) is 14.2. The van der Waals surface area contributed by atoms with Crippen molar-refractivity contribution in [3.8, 4) is 11.5 Å². The third-order valence-electron chi connectivity index (χ3n) is 3.95. The lowest BCUT2D eigenvalue weighted by Crippen LogP contribution is -2.25. The van der Waals surface area contributed by atoms with E-state index in [4.69, 9.17) is 9.47 Å². The highest BCUT2D eigenvalue weighted by Gasteiger charge is 2.16. The molecule has 0 bridgehead atoms. The van der Waals surface area contributed by atoms with E-state index in [0.29, 0.717) is 35.7 Å². The van der Waals surface area contributed by atoms with Crippen LogP contribution in [0, 0.1) is 6.92 Å². The molecule has 0 atom stereocenters. The van der Waals surface area contributed by atoms with Crippen LogP contribution in [0.2, 0.25) is 0 Å². The van der Waals surface area contributed by atoms with Crippen molar-refractivity contribution in [2.24, 2.45) is 0 Å². The second kappa shape index (κ2) is 7.25. The molecule has 0 unspecified atom stereocenters. The highest BCUT2D eigenvalue weighted by atomic mass is 16.5. The number of aryl methyl sites for hydroxylation is 2. The number of methoxy groups -OCH3 is 1. The summed E-state index contributed by atoms with van der Waals surface area (Å²) in [5.74, 6) is 1.01. The fraction of sp³-hybridized carbons (Fsp3) is 0.263. The summed E-state index contributed by atoms with van der Waals surface area (Å²) >= 11 is 0. The lowest BCUT2D eigenvalue weighted by Gasteiger charge is -2.18. The molecule has 1 aliphatic rings. The van der Waals surface area contributed by atoms with Crippen LogP contribution >= 0.6 is 0 Å². The van der Waals surface area contributed by atoms with E-state index >= 15 is 0 Å². The Balaban J connectivity index is 1.62. The minimum Gasteiger partial charge on any atom is -0.495 e. The quantitative estimate of drug-likeness (QED) is 0.877. The standard InChI is InChI=1S/C19H20N2O4/c1-12-3-6-16(24-2)14(9-12)20-18(22)8-5-13-4-7-17-15(10-13)21-19(23)11-25-17/h3-4,6-7,9-10H,5,8,11H2,1-2H3,(H,20,22)(H,21,23). The van der Waals surface area contributed by atoms with Crippen LogP contribution in [-0.4, -0.2) is 25.5 Å². The van der Waals surface area contributed by atoms with Crippen molar-refractivity contribution < 1.29 is 19.1 Å². The Hall–Kier alpha value is -3.02. The first-order valence-corrected chi connectivity index (χ1v) is 8.05. The Labute approximate surface area is 146 Å². The van der Waals surface area contributed by atoms with Gasteiger partial charge in [-0.2, -0.15) is 0 Å². The van der Waals surface area contributed by atoms with E-state index < -0.39 is 0 Å². The van der Waals surface area contributed by atoms with Crippen molar-refractivity contribution in [2.75, 3.05) is 24.4 Å². The maximum atomic E-state index is 12.2. The molecule has 3 rings (SSSR count). The first-order chi connectivity index (χ1) is 12.0. The van der Waals surface area contributed by atoms with Crippen molar-refractivity contribution >= 4 is 23.2 Å². The number of hydrogen-bond acceptors (Lipinski definition) is 4. The molecule has 6 nitrogen and oxygen atoms in total. The fourth-order valence-electron chi connectivity index (χ4n) is 2.68. The average Bonchev–Trinajstić information content (AvgIpc) is 2.60. The maximum Gasteiger partial charge on any atom is 0.262 e. The van der Waals surface area contributed by atoms with Crippen LogP contribution < -0.4 is 20.1 Å². The summed E-state index contributed by atoms with van der Waals surface area (Å²) in [6.45, 7) is 1.99. The topological polar surface area (TPSA) is 76.7 Å². The predicted octanol–water partition coefficient (Wildman–Crippen LogP) is 2.91. The molecule has 1 heterocycles. The average molecular weight is 340 g/mol. The first-order valence-electron chi connectivity index (χ1n) is 8.05. The van der Waals surface area contributed by atoms with Gasteiger partial charge in [-0.25, -0.2) is 0 Å². The van der Waals surface area contributed by atoms with Gasteiger partial charge in [-0.15, -0.1) is 0 Å². The van der Waals surface area contributed by atoms with Crippen LogP contribution in [-0.2, 0) is 16.0 Å². The Kier molecular flexibility index (Phi) is 4.88. The number of benzene rings is 2. The molecule has 2 aromatic carbocycles. The van der Waals surface area contributed by atoms with Gasteiger partial charge in [0.15, 0.2) is 6.61 Å². The number of hydrogen-bond donors (Lipinski definition) is 2. The number of carbonyl (C=O) groups excluding carboxylic acids is 2. The van der Waals surface area contributed by atoms with Gasteiger partial charge in [0, 0.05) is 6.42 Å². The van der Waals surface area contributed by atoms with E-state index in [1.165, 1.54) is 0 Å². The molecule has 1 aliphatic heterocycles. The smallest absolute Gasteiger partial charge is 0.262 e. The van der Waals surface area contributed by atoms with Gasteiger partial charge in [0.25, 0.3) is 5.91 Å². The zero-order valence-corrected chi connectivity index (χ0v) is 14.2. The molecule has 0 saturated heterocycles. The summed E-state index contributed by atoms with van der Waals surface area (Å²) in [6, 6.07) is 11.2. The van der Waals surface area contributed by atoms with Gasteiger partial charge in [-0.1, -0.05) is 12.1 Å². The molecule has 0 fully saturated rings. The first kappa shape index (κ1) is 16.8. The van der Waals surface area contributed by atoms with Crippen LogP contribution in [0.5, 0.6) is 11.5 Å². The maximum absolute atomic E-state index is 12.2. The molecular formula is C19H20N2O4. The van der Waals surface area contributed by atoms with Gasteiger partial charge in [0.2, 0.25) is 5.91 Å². The molecule has 130 valence electrons. The zero-order chi connectivity index (χ0) is 17.8. The second-order valence-corrected chi connectivity index (χ2v) is 5.92. The molecule has 0 radical (unpaired) electrons. The molecule has 0 aromatic heterocycles. The summed E-state index contributed by atoms with van der Waals surface area (Å²) in [5, 5.41) is 5.65. The minimum atomic E-state index is -0.172. The van der Waals surface area contributed by atoms with Crippen molar-refractivity contribution in [2.45, 2.75) is 19.8 Å². The lowest BCUT2D eigenvalue weighted by atomic mass is 10.1. The van der Waals surface area contributed by atoms with Gasteiger partial charge in [-0.3, -0.25) is 9.59 Å². The van der Waals surface area contributed by atoms with E-state index in [1.807, 2.05) is 43.3 Å². The fourth-order valence-corrected chi connectivity index (χ4v) is 2.68. The third kappa shape index (κ3) is 4.09. The number of rotatable bonds is 5. The SMILES string of the molecule is COc1ccc(C)cc1NC(=O)CCc1ccc2c(c1)NC(=O)CO2. The Morgan fingerprint density at radius 1 is 1.28 bits per heavy atom. The predicted molar refractivity (Wildman–Crippen MR) is 95.2 cm³/mol. The number of fused-ring (bicyclic) bond motifs is 1. The summed E-state index contributed by atoms with van der Waals surface area (Å²) in [7, 11) is 1.57. The van der Waals surface area contributed by atoms with Crippen LogP contribution in [0.4, 0.5) is 11.4 Å². The van der Waals surface area contributed by atoms with Crippen molar-refractivity contribution in [3.63, 3.8) is 0 Å². The molecule has 2 aromatic rings. The third-order valence-corrected chi connectivity index (χ3v) is 3.95. The second-order valence-electron chi connectivity index (χ2n) is 5.92. The minimum absolute atomic E-state index is 0.0348. The van der Waals surface area contributed by atoms with Gasteiger partial charge < -0.3 is 20.1 Å². The van der Waals surface area contributed by atoms with E-state index in [-0.39, 0.29) is 18.4 Å². The molecule has 2 amide bonds. The Morgan fingerprint density at radius 2 is 2.12 bits per heavy atom. The highest BCUT2D eigenvalue weighted by Crippen LogP contribution is 2.29. The van der Waals surface area contributed by atoms with Crippen LogP contribution in [0.3, 0.4) is 0 Å². The van der Waals surface area contributed by atoms with Crippen LogP contribution in [0.25, 0.3) is 0 Å². The summed E-state index contributed by atoms with van der Waals surface area (Å²) < 4.78 is 10.6. The van der Waals surface area contributed by atoms with E-state index in [2.05, 4.69) is 10.6 Å². The van der Waals surface area contributed by atoms with Gasteiger partial charge >= 0.3 is 0 Å². The monoisotopic (exact) mass is 340 g/mol. The van der Waals surface area contributed by atoms with E-state index in [9.17, 15) is 9.59 Å². The highest BCUT2D eigenvalue weighted by molar-refractivity contribution is 5.95. The van der Waals surface area contributed by atoms with Gasteiger partial charge in [0.1, 0.15) is 11.5 Å². The van der Waals surface area contributed by atoms with Crippen molar-refractivity contribution in [3.05, 3.63) is 47.5 Å². The molecule has 0 aliphatic carbocycles. The lowest BCUT2D eigenvalue weighted by molar-refractivity contribution is -0.118. The molecule has 2 N–H and O–H groups in total. The van der Waals surface area contributed by atoms with E-state index in [0.717, 1.165) is 11.1 Å². The summed E-state index contributed by atoms with van der Waals surface area (Å²) in [6.07, 6.45) is 0.883. The molecule has 6 heteroatoms. The molecule has 0 saturated carbocycles. The van der Waals surface area contributed by atoms with Crippen LogP contribution in [0.1, 0.15) is 17.5 Å². The normalized spacial score (nSPS) is 12.6. The van der Waals surface area contributed by atoms with Crippen LogP contribution in [0.15, 0.2) is 36.4 Å². The van der Waals surface area contributed by atoms with Gasteiger partial charge in [0.05, 0.1) is 18.5 Å². The number of carbonyl (C=O) groups is 2. The van der Waals surface area contributed by atoms with Crippen molar-refractivity contribution in [1.82, 2.24) is 0 Å². The number of nitrogens with one attached hydrogen (secondary N) is 2. The summed E-state index contributed by atoms with van der Waals surface area (Å²) in [5.41, 5.74) is 3.31. The number of amides is 2. The molecular weight excluding hydrogens is 320 g/mol. The molecule has 0 spiro atoms. The Bertz CT molecular complexity index is 817.